The second kappa shape index (κ2) is 7.80. The molecule has 0 bridgehead atoms. The van der Waals surface area contributed by atoms with Gasteiger partial charge in [-0.2, -0.15) is 0 Å². The molecule has 112 valence electrons. The number of ether oxygens (including phenoxy) is 1. The van der Waals surface area contributed by atoms with Gasteiger partial charge in [0, 0.05) is 6.61 Å². The minimum atomic E-state index is -0.313. The van der Waals surface area contributed by atoms with Crippen LogP contribution in [0.2, 0.25) is 0 Å². The summed E-state index contributed by atoms with van der Waals surface area (Å²) in [5.74, 6) is 0. The first-order valence-corrected chi connectivity index (χ1v) is 8.13. The largest absolute Gasteiger partial charge is 0.390 e. The highest BCUT2D eigenvalue weighted by Gasteiger charge is 2.39. The molecule has 2 heteroatoms. The second-order valence-electron chi connectivity index (χ2n) is 5.95. The Kier molecular flexibility index (Phi) is 6.06. The number of aliphatic hydroxyl groups excluding tert-OH is 1. The Morgan fingerprint density at radius 1 is 1.15 bits per heavy atom. The third-order valence-corrected chi connectivity index (χ3v) is 4.52. The number of hydrogen-bond acceptors (Lipinski definition) is 2. The molecule has 1 fully saturated rings. The third kappa shape index (κ3) is 4.07. The Morgan fingerprint density at radius 3 is 2.50 bits per heavy atom. The van der Waals surface area contributed by atoms with Gasteiger partial charge in [-0.1, -0.05) is 49.6 Å². The van der Waals surface area contributed by atoms with Gasteiger partial charge in [0.1, 0.15) is 0 Å². The summed E-state index contributed by atoms with van der Waals surface area (Å²) in [5.41, 5.74) is 1.10. The molecule has 0 saturated heterocycles. The number of aliphatic hydroxyl groups is 1. The van der Waals surface area contributed by atoms with Crippen molar-refractivity contribution in [2.45, 2.75) is 70.0 Å². The van der Waals surface area contributed by atoms with Crippen LogP contribution in [-0.2, 0) is 11.2 Å². The fraction of sp³-hybridized carbons (Fsp3) is 0.667. The Hall–Kier alpha value is -0.860. The predicted octanol–water partition coefficient (Wildman–Crippen LogP) is 4.11. The fourth-order valence-corrected chi connectivity index (χ4v) is 3.42. The van der Waals surface area contributed by atoms with Gasteiger partial charge in [0.2, 0.25) is 0 Å². The van der Waals surface area contributed by atoms with Crippen molar-refractivity contribution in [1.29, 1.82) is 0 Å². The zero-order valence-electron chi connectivity index (χ0n) is 12.7. The molecular formula is C18H28O2. The molecule has 1 aromatic carbocycles. The summed E-state index contributed by atoms with van der Waals surface area (Å²) in [5, 5.41) is 10.6. The maximum absolute atomic E-state index is 10.6. The Morgan fingerprint density at radius 2 is 1.85 bits per heavy atom. The summed E-state index contributed by atoms with van der Waals surface area (Å²) in [4.78, 5) is 0. The van der Waals surface area contributed by atoms with Crippen LogP contribution in [0.3, 0.4) is 0 Å². The molecule has 1 unspecified atom stereocenters. The number of aryl methyl sites for hydroxylation is 1. The van der Waals surface area contributed by atoms with Gasteiger partial charge in [-0.25, -0.2) is 0 Å². The van der Waals surface area contributed by atoms with Crippen LogP contribution in [0.1, 0.15) is 57.4 Å². The van der Waals surface area contributed by atoms with Crippen molar-refractivity contribution in [3.05, 3.63) is 35.9 Å². The van der Waals surface area contributed by atoms with Crippen LogP contribution in [-0.4, -0.2) is 23.4 Å². The summed E-state index contributed by atoms with van der Waals surface area (Å²) in [6.45, 7) is 2.74. The fourth-order valence-electron chi connectivity index (χ4n) is 3.42. The Bertz CT molecular complexity index is 363. The minimum absolute atomic E-state index is 0.260. The summed E-state index contributed by atoms with van der Waals surface area (Å²) in [6.07, 6.45) is 8.30. The topological polar surface area (TPSA) is 29.5 Å². The molecule has 0 amide bonds. The molecule has 1 aromatic rings. The zero-order chi connectivity index (χ0) is 14.3. The highest BCUT2D eigenvalue weighted by Crippen LogP contribution is 2.36. The average molecular weight is 276 g/mol. The van der Waals surface area contributed by atoms with Crippen LogP contribution >= 0.6 is 0 Å². The molecule has 0 heterocycles. The van der Waals surface area contributed by atoms with E-state index in [1.54, 1.807) is 0 Å². The lowest BCUT2D eigenvalue weighted by Crippen LogP contribution is -2.46. The average Bonchev–Trinajstić information content (AvgIpc) is 2.49. The van der Waals surface area contributed by atoms with Crippen molar-refractivity contribution in [2.24, 2.45) is 0 Å². The van der Waals surface area contributed by atoms with Gasteiger partial charge >= 0.3 is 0 Å². The molecular weight excluding hydrogens is 248 g/mol. The van der Waals surface area contributed by atoms with E-state index in [-0.39, 0.29) is 11.7 Å². The van der Waals surface area contributed by atoms with E-state index in [9.17, 15) is 5.11 Å². The van der Waals surface area contributed by atoms with Gasteiger partial charge in [0.05, 0.1) is 11.7 Å². The Labute approximate surface area is 123 Å². The molecule has 1 N–H and O–H groups in total. The summed E-state index contributed by atoms with van der Waals surface area (Å²) in [6, 6.07) is 10.5. The van der Waals surface area contributed by atoms with Crippen molar-refractivity contribution in [3.63, 3.8) is 0 Å². The van der Waals surface area contributed by atoms with Crippen molar-refractivity contribution in [1.82, 2.24) is 0 Å². The molecule has 1 atom stereocenters. The van der Waals surface area contributed by atoms with Crippen LogP contribution in [0.4, 0.5) is 0 Å². The van der Waals surface area contributed by atoms with E-state index in [0.29, 0.717) is 6.61 Å². The maximum Gasteiger partial charge on any atom is 0.0939 e. The summed E-state index contributed by atoms with van der Waals surface area (Å²) < 4.78 is 5.98. The first-order chi connectivity index (χ1) is 9.77. The first-order valence-electron chi connectivity index (χ1n) is 8.13. The molecule has 0 aromatic heterocycles. The SMILES string of the molecule is CCOC1(C(O)CCCc2ccccc2)CCCCC1. The van der Waals surface area contributed by atoms with Gasteiger partial charge in [-0.15, -0.1) is 0 Å². The van der Waals surface area contributed by atoms with Crippen LogP contribution in [0.25, 0.3) is 0 Å². The van der Waals surface area contributed by atoms with E-state index < -0.39 is 0 Å². The van der Waals surface area contributed by atoms with E-state index in [1.165, 1.54) is 24.8 Å². The van der Waals surface area contributed by atoms with Crippen molar-refractivity contribution in [2.75, 3.05) is 6.61 Å². The molecule has 20 heavy (non-hydrogen) atoms. The molecule has 0 radical (unpaired) electrons. The first kappa shape index (κ1) is 15.5. The summed E-state index contributed by atoms with van der Waals surface area (Å²) >= 11 is 0. The number of rotatable bonds is 7. The molecule has 0 aliphatic heterocycles. The molecule has 1 aliphatic rings. The van der Waals surface area contributed by atoms with E-state index >= 15 is 0 Å². The molecule has 1 saturated carbocycles. The van der Waals surface area contributed by atoms with Gasteiger partial charge in [0.15, 0.2) is 0 Å². The van der Waals surface area contributed by atoms with Gasteiger partial charge in [-0.3, -0.25) is 0 Å². The van der Waals surface area contributed by atoms with Gasteiger partial charge < -0.3 is 9.84 Å². The smallest absolute Gasteiger partial charge is 0.0939 e. The normalized spacial score (nSPS) is 19.7. The van der Waals surface area contributed by atoms with E-state index in [1.807, 2.05) is 13.0 Å². The van der Waals surface area contributed by atoms with E-state index in [2.05, 4.69) is 24.3 Å². The molecule has 0 spiro atoms. The summed E-state index contributed by atoms with van der Waals surface area (Å²) in [7, 11) is 0. The maximum atomic E-state index is 10.6. The number of benzene rings is 1. The van der Waals surface area contributed by atoms with Crippen molar-refractivity contribution in [3.8, 4) is 0 Å². The third-order valence-electron chi connectivity index (χ3n) is 4.52. The predicted molar refractivity (Wildman–Crippen MR) is 82.8 cm³/mol. The highest BCUT2D eigenvalue weighted by atomic mass is 16.5. The van der Waals surface area contributed by atoms with Gasteiger partial charge in [-0.05, 0) is 44.6 Å². The van der Waals surface area contributed by atoms with Crippen molar-refractivity contribution < 1.29 is 9.84 Å². The van der Waals surface area contributed by atoms with Crippen LogP contribution in [0.15, 0.2) is 30.3 Å². The van der Waals surface area contributed by atoms with Crippen LogP contribution in [0.5, 0.6) is 0 Å². The quantitative estimate of drug-likeness (QED) is 0.812. The van der Waals surface area contributed by atoms with E-state index in [4.69, 9.17) is 4.74 Å². The standard InChI is InChI=1S/C18H28O2/c1-2-20-18(14-7-4-8-15-18)17(19)13-9-12-16-10-5-3-6-11-16/h3,5-6,10-11,17,19H,2,4,7-9,12-15H2,1H3. The number of hydrogen-bond donors (Lipinski definition) is 1. The lowest BCUT2D eigenvalue weighted by Gasteiger charge is -2.41. The van der Waals surface area contributed by atoms with Crippen molar-refractivity contribution >= 4 is 0 Å². The van der Waals surface area contributed by atoms with E-state index in [0.717, 1.165) is 32.1 Å². The molecule has 2 nitrogen and oxygen atoms in total. The van der Waals surface area contributed by atoms with Gasteiger partial charge in [0.25, 0.3) is 0 Å². The minimum Gasteiger partial charge on any atom is -0.390 e. The van der Waals surface area contributed by atoms with Crippen LogP contribution < -0.4 is 0 Å². The lowest BCUT2D eigenvalue weighted by atomic mass is 9.79. The lowest BCUT2D eigenvalue weighted by molar-refractivity contribution is -0.141. The highest BCUT2D eigenvalue weighted by molar-refractivity contribution is 5.14. The zero-order valence-corrected chi connectivity index (χ0v) is 12.7. The molecule has 2 rings (SSSR count). The van der Waals surface area contributed by atoms with Crippen LogP contribution in [0, 0.1) is 0 Å². The Balaban J connectivity index is 1.83. The second-order valence-corrected chi connectivity index (χ2v) is 5.95. The molecule has 1 aliphatic carbocycles. The monoisotopic (exact) mass is 276 g/mol.